The highest BCUT2D eigenvalue weighted by Crippen LogP contribution is 2.34. The third kappa shape index (κ3) is 4.26. The van der Waals surface area contributed by atoms with Gasteiger partial charge in [-0.15, -0.1) is 0 Å². The van der Waals surface area contributed by atoms with Gasteiger partial charge in [0.15, 0.2) is 0 Å². The van der Waals surface area contributed by atoms with Crippen molar-refractivity contribution in [2.45, 2.75) is 26.9 Å². The summed E-state index contributed by atoms with van der Waals surface area (Å²) in [4.78, 5) is 29.7. The molecule has 1 unspecified atom stereocenters. The van der Waals surface area contributed by atoms with Gasteiger partial charge in [0, 0.05) is 11.4 Å². The zero-order valence-corrected chi connectivity index (χ0v) is 17.0. The molecule has 6 heteroatoms. The summed E-state index contributed by atoms with van der Waals surface area (Å²) < 4.78 is 10.6. The van der Waals surface area contributed by atoms with Crippen LogP contribution in [0.3, 0.4) is 0 Å². The van der Waals surface area contributed by atoms with Crippen LogP contribution in [0.25, 0.3) is 0 Å². The first-order chi connectivity index (χ1) is 14.1. The van der Waals surface area contributed by atoms with Crippen molar-refractivity contribution >= 4 is 23.3 Å². The summed E-state index contributed by atoms with van der Waals surface area (Å²) in [6.45, 7) is 6.20. The Morgan fingerprint density at radius 2 is 1.38 bits per heavy atom. The molecule has 1 aliphatic rings. The van der Waals surface area contributed by atoms with Gasteiger partial charge in [0.2, 0.25) is 0 Å². The van der Waals surface area contributed by atoms with E-state index in [1.807, 2.05) is 72.5 Å². The SMILES string of the molecule is CCOC(=O)C1=C(C(=O)OCC)N(c2ccccc2)C(C)N(c2ccccc2)C1. The molecule has 0 saturated carbocycles. The van der Waals surface area contributed by atoms with Gasteiger partial charge < -0.3 is 19.3 Å². The number of para-hydroxylation sites is 2. The molecule has 2 aromatic carbocycles. The molecule has 2 aromatic rings. The highest BCUT2D eigenvalue weighted by molar-refractivity contribution is 6.04. The first kappa shape index (κ1) is 20.5. The number of hydrogen-bond acceptors (Lipinski definition) is 6. The predicted octanol–water partition coefficient (Wildman–Crippen LogP) is 3.74. The van der Waals surface area contributed by atoms with Crippen LogP contribution in [-0.2, 0) is 19.1 Å². The van der Waals surface area contributed by atoms with Gasteiger partial charge in [-0.05, 0) is 45.0 Å². The topological polar surface area (TPSA) is 59.1 Å². The second-order valence-electron chi connectivity index (χ2n) is 6.57. The molecule has 0 spiro atoms. The van der Waals surface area contributed by atoms with Crippen LogP contribution in [0.2, 0.25) is 0 Å². The molecule has 0 radical (unpaired) electrons. The first-order valence-electron chi connectivity index (χ1n) is 9.81. The molecule has 0 bridgehead atoms. The van der Waals surface area contributed by atoms with Gasteiger partial charge in [-0.2, -0.15) is 0 Å². The van der Waals surface area contributed by atoms with E-state index in [1.54, 1.807) is 13.8 Å². The summed E-state index contributed by atoms with van der Waals surface area (Å²) in [6.07, 6.45) is -0.225. The number of carbonyl (C=O) groups excluding carboxylic acids is 2. The number of nitrogens with zero attached hydrogens (tertiary/aromatic N) is 2. The van der Waals surface area contributed by atoms with Crippen molar-refractivity contribution in [1.82, 2.24) is 0 Å². The van der Waals surface area contributed by atoms with E-state index < -0.39 is 11.9 Å². The minimum atomic E-state index is -0.529. The van der Waals surface area contributed by atoms with Gasteiger partial charge >= 0.3 is 11.9 Å². The Morgan fingerprint density at radius 3 is 1.93 bits per heavy atom. The van der Waals surface area contributed by atoms with Crippen molar-refractivity contribution in [1.29, 1.82) is 0 Å². The van der Waals surface area contributed by atoms with Crippen LogP contribution < -0.4 is 9.80 Å². The Morgan fingerprint density at radius 1 is 0.862 bits per heavy atom. The van der Waals surface area contributed by atoms with E-state index in [2.05, 4.69) is 4.90 Å². The van der Waals surface area contributed by atoms with Crippen molar-refractivity contribution < 1.29 is 19.1 Å². The molecule has 0 N–H and O–H groups in total. The van der Waals surface area contributed by atoms with Crippen LogP contribution >= 0.6 is 0 Å². The maximum atomic E-state index is 12.9. The van der Waals surface area contributed by atoms with Crippen molar-refractivity contribution in [3.8, 4) is 0 Å². The van der Waals surface area contributed by atoms with E-state index >= 15 is 0 Å². The Labute approximate surface area is 171 Å². The van der Waals surface area contributed by atoms with Gasteiger partial charge in [-0.25, -0.2) is 9.59 Å². The molecule has 6 nitrogen and oxygen atoms in total. The lowest BCUT2D eigenvalue weighted by Crippen LogP contribution is -2.54. The van der Waals surface area contributed by atoms with Crippen LogP contribution in [0, 0.1) is 0 Å². The van der Waals surface area contributed by atoms with Crippen LogP contribution in [0.15, 0.2) is 71.9 Å². The Kier molecular flexibility index (Phi) is 6.54. The van der Waals surface area contributed by atoms with Gasteiger partial charge in [0.05, 0.1) is 25.3 Å². The number of rotatable bonds is 6. The smallest absolute Gasteiger partial charge is 0.355 e. The number of benzene rings is 2. The molecular formula is C23H26N2O4. The molecule has 0 saturated heterocycles. The quantitative estimate of drug-likeness (QED) is 0.696. The summed E-state index contributed by atoms with van der Waals surface area (Å²) in [5.41, 5.74) is 2.27. The molecule has 152 valence electrons. The fourth-order valence-electron chi connectivity index (χ4n) is 3.51. The van der Waals surface area contributed by atoms with Crippen LogP contribution in [0.1, 0.15) is 20.8 Å². The molecular weight excluding hydrogens is 368 g/mol. The van der Waals surface area contributed by atoms with E-state index in [-0.39, 0.29) is 37.2 Å². The zero-order valence-electron chi connectivity index (χ0n) is 17.0. The number of anilines is 2. The van der Waals surface area contributed by atoms with E-state index in [0.717, 1.165) is 11.4 Å². The molecule has 0 aliphatic carbocycles. The Bertz CT molecular complexity index is 880. The van der Waals surface area contributed by atoms with Crippen molar-refractivity contribution in [2.75, 3.05) is 29.6 Å². The predicted molar refractivity (Wildman–Crippen MR) is 112 cm³/mol. The summed E-state index contributed by atoms with van der Waals surface area (Å²) in [7, 11) is 0. The minimum absolute atomic E-state index is 0.220. The average molecular weight is 394 g/mol. The van der Waals surface area contributed by atoms with Crippen molar-refractivity contribution in [3.05, 3.63) is 71.9 Å². The highest BCUT2D eigenvalue weighted by Gasteiger charge is 2.39. The zero-order chi connectivity index (χ0) is 20.8. The van der Waals surface area contributed by atoms with E-state index in [4.69, 9.17) is 9.47 Å². The second kappa shape index (κ2) is 9.28. The monoisotopic (exact) mass is 394 g/mol. The fourth-order valence-corrected chi connectivity index (χ4v) is 3.51. The first-order valence-corrected chi connectivity index (χ1v) is 9.81. The van der Waals surface area contributed by atoms with Gasteiger partial charge in [0.25, 0.3) is 0 Å². The highest BCUT2D eigenvalue weighted by atomic mass is 16.5. The largest absolute Gasteiger partial charge is 0.463 e. The van der Waals surface area contributed by atoms with Crippen LogP contribution in [-0.4, -0.2) is 37.9 Å². The molecule has 0 fully saturated rings. The van der Waals surface area contributed by atoms with Crippen LogP contribution in [0.5, 0.6) is 0 Å². The third-order valence-electron chi connectivity index (χ3n) is 4.79. The molecule has 1 aliphatic heterocycles. The summed E-state index contributed by atoms with van der Waals surface area (Å²) in [5.74, 6) is -1.04. The lowest BCUT2D eigenvalue weighted by Gasteiger charge is -2.45. The van der Waals surface area contributed by atoms with E-state index in [9.17, 15) is 9.59 Å². The molecule has 0 amide bonds. The Balaban J connectivity index is 2.19. The number of hydrogen-bond donors (Lipinski definition) is 0. The van der Waals surface area contributed by atoms with Gasteiger partial charge in [-0.1, -0.05) is 36.4 Å². The number of carbonyl (C=O) groups is 2. The molecule has 1 heterocycles. The Hall–Kier alpha value is -3.28. The summed E-state index contributed by atoms with van der Waals surface area (Å²) >= 11 is 0. The fraction of sp³-hybridized carbons (Fsp3) is 0.304. The number of ether oxygens (including phenoxy) is 2. The maximum Gasteiger partial charge on any atom is 0.355 e. The maximum absolute atomic E-state index is 12.9. The lowest BCUT2D eigenvalue weighted by molar-refractivity contribution is -0.142. The van der Waals surface area contributed by atoms with Crippen LogP contribution in [0.4, 0.5) is 11.4 Å². The third-order valence-corrected chi connectivity index (χ3v) is 4.79. The van der Waals surface area contributed by atoms with E-state index in [1.165, 1.54) is 0 Å². The lowest BCUT2D eigenvalue weighted by atomic mass is 10.0. The average Bonchev–Trinajstić information content (AvgIpc) is 2.75. The van der Waals surface area contributed by atoms with Gasteiger partial charge in [0.1, 0.15) is 11.9 Å². The molecule has 0 aromatic heterocycles. The molecule has 3 rings (SSSR count). The van der Waals surface area contributed by atoms with Gasteiger partial charge in [-0.3, -0.25) is 0 Å². The van der Waals surface area contributed by atoms with Crippen molar-refractivity contribution in [2.24, 2.45) is 0 Å². The molecule has 1 atom stereocenters. The number of esters is 2. The summed E-state index contributed by atoms with van der Waals surface area (Å²) in [5, 5.41) is 0. The standard InChI is InChI=1S/C23H26N2O4/c1-4-28-22(26)20-16-24(18-12-8-6-9-13-18)17(3)25(19-14-10-7-11-15-19)21(20)23(27)29-5-2/h6-15,17H,4-5,16H2,1-3H3. The van der Waals surface area contributed by atoms with Crippen molar-refractivity contribution in [3.63, 3.8) is 0 Å². The molecule has 29 heavy (non-hydrogen) atoms. The van der Waals surface area contributed by atoms with E-state index in [0.29, 0.717) is 0 Å². The minimum Gasteiger partial charge on any atom is -0.463 e. The normalized spacial score (nSPS) is 16.6. The second-order valence-corrected chi connectivity index (χ2v) is 6.57. The summed E-state index contributed by atoms with van der Waals surface area (Å²) in [6, 6.07) is 19.3.